The summed E-state index contributed by atoms with van der Waals surface area (Å²) >= 11 is 0. The van der Waals surface area contributed by atoms with E-state index in [9.17, 15) is 4.79 Å². The summed E-state index contributed by atoms with van der Waals surface area (Å²) in [6.07, 6.45) is 12.1. The zero-order chi connectivity index (χ0) is 26.1. The molecule has 0 aliphatic rings. The van der Waals surface area contributed by atoms with Gasteiger partial charge in [-0.3, -0.25) is 4.79 Å². The van der Waals surface area contributed by atoms with Gasteiger partial charge in [0.15, 0.2) is 0 Å². The summed E-state index contributed by atoms with van der Waals surface area (Å²) in [5, 5.41) is 0. The molecule has 0 spiro atoms. The van der Waals surface area contributed by atoms with Crippen molar-refractivity contribution in [3.8, 4) is 5.75 Å². The molecule has 200 valence electrons. The summed E-state index contributed by atoms with van der Waals surface area (Å²) in [5.41, 5.74) is 2.69. The lowest BCUT2D eigenvalue weighted by Gasteiger charge is -2.30. The Morgan fingerprint density at radius 2 is 1.58 bits per heavy atom. The second kappa shape index (κ2) is 17.2. The van der Waals surface area contributed by atoms with Crippen molar-refractivity contribution < 1.29 is 18.8 Å². The highest BCUT2D eigenvalue weighted by Gasteiger charge is 2.16. The van der Waals surface area contributed by atoms with Crippen molar-refractivity contribution in [1.29, 1.82) is 0 Å². The van der Waals surface area contributed by atoms with Gasteiger partial charge < -0.3 is 14.0 Å². The lowest BCUT2D eigenvalue weighted by Crippen LogP contribution is -2.39. The molecular formula is C32H50NO3+. The molecule has 0 radical (unpaired) electrons. The number of nitrogens with zero attached hydrogens (tertiary/aromatic N) is 1. The fourth-order valence-corrected chi connectivity index (χ4v) is 4.55. The first-order chi connectivity index (χ1) is 17.4. The van der Waals surface area contributed by atoms with Crippen LogP contribution in [0.1, 0.15) is 89.2 Å². The van der Waals surface area contributed by atoms with Crippen molar-refractivity contribution in [2.45, 2.75) is 97.1 Å². The topological polar surface area (TPSA) is 35.5 Å². The van der Waals surface area contributed by atoms with E-state index < -0.39 is 0 Å². The van der Waals surface area contributed by atoms with E-state index in [0.29, 0.717) is 19.4 Å². The van der Waals surface area contributed by atoms with Gasteiger partial charge in [-0.25, -0.2) is 0 Å². The molecule has 0 amide bonds. The Balaban J connectivity index is 1.56. The van der Waals surface area contributed by atoms with E-state index >= 15 is 0 Å². The van der Waals surface area contributed by atoms with Crippen molar-refractivity contribution in [1.82, 2.24) is 0 Å². The molecule has 0 aromatic heterocycles. The number of ether oxygens (including phenoxy) is 2. The van der Waals surface area contributed by atoms with Gasteiger partial charge in [-0.15, -0.1) is 0 Å². The zero-order valence-corrected chi connectivity index (χ0v) is 23.3. The molecule has 1 atom stereocenters. The number of carbonyl (C=O) groups is 1. The summed E-state index contributed by atoms with van der Waals surface area (Å²) < 4.78 is 12.5. The molecule has 0 fully saturated rings. The Morgan fingerprint density at radius 3 is 2.36 bits per heavy atom. The predicted octanol–water partition coefficient (Wildman–Crippen LogP) is 7.74. The van der Waals surface area contributed by atoms with Crippen LogP contribution in [-0.4, -0.2) is 43.8 Å². The molecule has 0 aliphatic carbocycles. The van der Waals surface area contributed by atoms with Crippen molar-refractivity contribution >= 4 is 5.97 Å². The molecule has 4 heteroatoms. The van der Waals surface area contributed by atoms with E-state index in [1.807, 2.05) is 13.0 Å². The normalized spacial score (nSPS) is 12.3. The number of aryl methyl sites for hydroxylation is 1. The number of esters is 1. The third-order valence-corrected chi connectivity index (χ3v) is 6.69. The second-order valence-electron chi connectivity index (χ2n) is 10.9. The van der Waals surface area contributed by atoms with Crippen molar-refractivity contribution in [2.24, 2.45) is 0 Å². The maximum absolute atomic E-state index is 12.2. The molecule has 36 heavy (non-hydrogen) atoms. The third kappa shape index (κ3) is 13.7. The molecule has 0 N–H and O–H groups in total. The molecule has 0 bridgehead atoms. The monoisotopic (exact) mass is 496 g/mol. The van der Waals surface area contributed by atoms with Gasteiger partial charge >= 0.3 is 5.97 Å². The van der Waals surface area contributed by atoms with Crippen LogP contribution in [-0.2, 0) is 22.5 Å². The molecule has 4 nitrogen and oxygen atoms in total. The van der Waals surface area contributed by atoms with Gasteiger partial charge in [0.05, 0.1) is 33.4 Å². The Kier molecular flexibility index (Phi) is 14.3. The molecule has 2 aromatic carbocycles. The van der Waals surface area contributed by atoms with Gasteiger partial charge in [0.25, 0.3) is 0 Å². The largest absolute Gasteiger partial charge is 0.491 e. The molecule has 0 heterocycles. The van der Waals surface area contributed by atoms with Gasteiger partial charge in [0.2, 0.25) is 0 Å². The first-order valence-electron chi connectivity index (χ1n) is 14.1. The van der Waals surface area contributed by atoms with Gasteiger partial charge in [0.1, 0.15) is 12.3 Å². The van der Waals surface area contributed by atoms with Crippen LogP contribution in [0.2, 0.25) is 0 Å². The summed E-state index contributed by atoms with van der Waals surface area (Å²) in [6.45, 7) is 6.76. The van der Waals surface area contributed by atoms with Crippen LogP contribution in [0.15, 0.2) is 54.6 Å². The molecule has 1 unspecified atom stereocenters. The number of carbonyl (C=O) groups excluding carboxylic acids is 1. The highest BCUT2D eigenvalue weighted by atomic mass is 16.5. The number of hydrogen-bond acceptors (Lipinski definition) is 3. The van der Waals surface area contributed by atoms with Gasteiger partial charge in [0, 0.05) is 18.4 Å². The highest BCUT2D eigenvalue weighted by molar-refractivity contribution is 5.69. The van der Waals surface area contributed by atoms with E-state index in [1.54, 1.807) is 0 Å². The van der Waals surface area contributed by atoms with Crippen molar-refractivity contribution in [3.63, 3.8) is 0 Å². The average molecular weight is 497 g/mol. The minimum absolute atomic E-state index is 0.0122. The second-order valence-corrected chi connectivity index (χ2v) is 10.9. The molecule has 0 saturated heterocycles. The van der Waals surface area contributed by atoms with Crippen molar-refractivity contribution in [3.05, 3.63) is 65.7 Å². The van der Waals surface area contributed by atoms with E-state index in [0.717, 1.165) is 42.6 Å². The number of unbranched alkanes of at least 4 members (excludes halogenated alkanes) is 6. The Hall–Kier alpha value is -2.33. The average Bonchev–Trinajstić information content (AvgIpc) is 2.84. The van der Waals surface area contributed by atoms with Crippen LogP contribution in [0.5, 0.6) is 5.75 Å². The quantitative estimate of drug-likeness (QED) is 0.113. The smallest absolute Gasteiger partial charge is 0.305 e. The van der Waals surface area contributed by atoms with Crippen molar-refractivity contribution in [2.75, 3.05) is 27.2 Å². The lowest BCUT2D eigenvalue weighted by molar-refractivity contribution is -0.903. The van der Waals surface area contributed by atoms with E-state index in [1.165, 1.54) is 49.7 Å². The van der Waals surface area contributed by atoms with Gasteiger partial charge in [-0.1, -0.05) is 81.5 Å². The Bertz CT molecular complexity index is 849. The van der Waals surface area contributed by atoms with Crippen LogP contribution >= 0.6 is 0 Å². The number of quaternary nitrogens is 1. The summed E-state index contributed by atoms with van der Waals surface area (Å²) in [7, 11) is 4.49. The summed E-state index contributed by atoms with van der Waals surface area (Å²) in [4.78, 5) is 12.2. The maximum atomic E-state index is 12.2. The lowest BCUT2D eigenvalue weighted by atomic mass is 10.0. The third-order valence-electron chi connectivity index (χ3n) is 6.69. The predicted molar refractivity (Wildman–Crippen MR) is 150 cm³/mol. The molecule has 0 aliphatic heterocycles. The van der Waals surface area contributed by atoms with Gasteiger partial charge in [-0.05, 0) is 50.3 Å². The van der Waals surface area contributed by atoms with E-state index in [-0.39, 0.29) is 12.1 Å². The Labute approximate surface area is 220 Å². The fraction of sp³-hybridized carbons (Fsp3) is 0.594. The molecular weight excluding hydrogens is 446 g/mol. The minimum atomic E-state index is -0.100. The maximum Gasteiger partial charge on any atom is 0.305 e. The number of hydrogen-bond donors (Lipinski definition) is 0. The van der Waals surface area contributed by atoms with Crippen LogP contribution in [0.3, 0.4) is 0 Å². The van der Waals surface area contributed by atoms with E-state index in [2.05, 4.69) is 69.6 Å². The van der Waals surface area contributed by atoms with Crippen LogP contribution in [0.4, 0.5) is 0 Å². The first kappa shape index (κ1) is 29.9. The van der Waals surface area contributed by atoms with Crippen LogP contribution in [0.25, 0.3) is 0 Å². The minimum Gasteiger partial charge on any atom is -0.491 e. The summed E-state index contributed by atoms with van der Waals surface area (Å²) in [6, 6.07) is 19.0. The zero-order valence-electron chi connectivity index (χ0n) is 23.3. The highest BCUT2D eigenvalue weighted by Crippen LogP contribution is 2.18. The van der Waals surface area contributed by atoms with E-state index in [4.69, 9.17) is 9.47 Å². The number of rotatable bonds is 19. The van der Waals surface area contributed by atoms with Gasteiger partial charge in [-0.2, -0.15) is 0 Å². The molecule has 2 aromatic rings. The van der Waals surface area contributed by atoms with Crippen LogP contribution in [0, 0.1) is 0 Å². The number of benzene rings is 2. The Morgan fingerprint density at radius 1 is 0.861 bits per heavy atom. The standard InChI is InChI=1S/C32H50NO3/c1-5-6-7-8-9-11-17-29-20-16-21-31(26-29)36-28(2)23-25-35-32(34)22-14-15-24-33(3,4)27-30-18-12-10-13-19-30/h10,12-13,16,18-21,26,28H,5-9,11,14-15,17,22-25,27H2,1-4H3/q+1. The fourth-order valence-electron chi connectivity index (χ4n) is 4.55. The first-order valence-corrected chi connectivity index (χ1v) is 14.1. The summed E-state index contributed by atoms with van der Waals surface area (Å²) in [5.74, 6) is 0.810. The SMILES string of the molecule is CCCCCCCCc1cccc(OC(C)CCOC(=O)CCCC[N+](C)(C)Cc2ccccc2)c1. The van der Waals surface area contributed by atoms with Crippen LogP contribution < -0.4 is 4.74 Å². The molecule has 2 rings (SSSR count). The molecule has 0 saturated carbocycles.